The third-order valence-corrected chi connectivity index (χ3v) is 4.49. The van der Waals surface area contributed by atoms with Crippen molar-refractivity contribution >= 4 is 5.91 Å². The Labute approximate surface area is 120 Å². The maximum absolute atomic E-state index is 12.6. The molecule has 0 bridgehead atoms. The maximum atomic E-state index is 12.6. The van der Waals surface area contributed by atoms with Crippen LogP contribution in [0.4, 0.5) is 0 Å². The summed E-state index contributed by atoms with van der Waals surface area (Å²) >= 11 is 0. The van der Waals surface area contributed by atoms with Gasteiger partial charge in [0.1, 0.15) is 6.04 Å². The van der Waals surface area contributed by atoms with Gasteiger partial charge in [0.25, 0.3) is 0 Å². The first kappa shape index (κ1) is 13.6. The molecule has 4 nitrogen and oxygen atoms in total. The average molecular weight is 274 g/mol. The number of hydrogen-bond acceptors (Lipinski definition) is 3. The smallest absolute Gasteiger partial charge is 0.242 e. The molecule has 1 amide bonds. The SMILES string of the molecule is C[C@@H]1[C@H](c2ccccc2)CCN1C(=O)[C@H]1COCCN1. The largest absolute Gasteiger partial charge is 0.378 e. The fourth-order valence-electron chi connectivity index (χ4n) is 3.32. The van der Waals surface area contributed by atoms with Crippen molar-refractivity contribution in [1.29, 1.82) is 0 Å². The Morgan fingerprint density at radius 2 is 2.15 bits per heavy atom. The maximum Gasteiger partial charge on any atom is 0.242 e. The minimum atomic E-state index is -0.166. The summed E-state index contributed by atoms with van der Waals surface area (Å²) in [6, 6.07) is 10.6. The summed E-state index contributed by atoms with van der Waals surface area (Å²) < 4.78 is 5.40. The van der Waals surface area contributed by atoms with Crippen molar-refractivity contribution in [2.45, 2.75) is 31.3 Å². The van der Waals surface area contributed by atoms with Gasteiger partial charge in [-0.1, -0.05) is 30.3 Å². The van der Waals surface area contributed by atoms with Crippen molar-refractivity contribution in [3.8, 4) is 0 Å². The number of nitrogens with one attached hydrogen (secondary N) is 1. The topological polar surface area (TPSA) is 41.6 Å². The molecule has 2 saturated heterocycles. The van der Waals surface area contributed by atoms with E-state index in [-0.39, 0.29) is 18.0 Å². The zero-order valence-corrected chi connectivity index (χ0v) is 11.9. The number of rotatable bonds is 2. The van der Waals surface area contributed by atoms with Gasteiger partial charge in [-0.05, 0) is 18.9 Å². The second-order valence-corrected chi connectivity index (χ2v) is 5.66. The molecule has 0 unspecified atom stereocenters. The van der Waals surface area contributed by atoms with Crippen molar-refractivity contribution in [3.63, 3.8) is 0 Å². The Kier molecular flexibility index (Phi) is 4.03. The highest BCUT2D eigenvalue weighted by Gasteiger charge is 2.37. The molecule has 4 heteroatoms. The van der Waals surface area contributed by atoms with E-state index in [1.54, 1.807) is 0 Å². The Morgan fingerprint density at radius 3 is 2.85 bits per heavy atom. The highest BCUT2D eigenvalue weighted by Crippen LogP contribution is 2.33. The standard InChI is InChI=1S/C16H22N2O2/c1-12-14(13-5-3-2-4-6-13)7-9-18(12)16(19)15-11-20-10-8-17-15/h2-6,12,14-15,17H,7-11H2,1H3/t12-,14-,15-/m1/s1. The second-order valence-electron chi connectivity index (χ2n) is 5.66. The average Bonchev–Trinajstić information content (AvgIpc) is 2.90. The molecular weight excluding hydrogens is 252 g/mol. The van der Waals surface area contributed by atoms with Gasteiger partial charge in [-0.3, -0.25) is 4.79 Å². The van der Waals surface area contributed by atoms with Gasteiger partial charge in [0.15, 0.2) is 0 Å². The van der Waals surface area contributed by atoms with Gasteiger partial charge in [0, 0.05) is 25.0 Å². The molecule has 2 aliphatic rings. The van der Waals surface area contributed by atoms with E-state index in [4.69, 9.17) is 4.74 Å². The molecule has 20 heavy (non-hydrogen) atoms. The van der Waals surface area contributed by atoms with Crippen LogP contribution in [-0.2, 0) is 9.53 Å². The number of likely N-dealkylation sites (tertiary alicyclic amines) is 1. The van der Waals surface area contributed by atoms with Gasteiger partial charge in [-0.2, -0.15) is 0 Å². The Bertz CT molecular complexity index is 457. The fraction of sp³-hybridized carbons (Fsp3) is 0.562. The minimum Gasteiger partial charge on any atom is -0.378 e. The lowest BCUT2D eigenvalue weighted by atomic mass is 9.93. The van der Waals surface area contributed by atoms with Gasteiger partial charge in [0.05, 0.1) is 13.2 Å². The van der Waals surface area contributed by atoms with E-state index in [1.807, 2.05) is 11.0 Å². The molecule has 0 radical (unpaired) electrons. The first-order valence-corrected chi connectivity index (χ1v) is 7.44. The fourth-order valence-corrected chi connectivity index (χ4v) is 3.32. The van der Waals surface area contributed by atoms with Crippen LogP contribution in [0, 0.1) is 0 Å². The van der Waals surface area contributed by atoms with E-state index in [0.29, 0.717) is 19.1 Å². The Hall–Kier alpha value is -1.39. The number of morpholine rings is 1. The zero-order chi connectivity index (χ0) is 13.9. The lowest BCUT2D eigenvalue weighted by Gasteiger charge is -2.31. The predicted molar refractivity (Wildman–Crippen MR) is 77.6 cm³/mol. The first-order chi connectivity index (χ1) is 9.77. The second kappa shape index (κ2) is 5.94. The molecule has 0 spiro atoms. The number of carbonyl (C=O) groups is 1. The number of carbonyl (C=O) groups excluding carboxylic acids is 1. The van der Waals surface area contributed by atoms with Crippen LogP contribution in [0.2, 0.25) is 0 Å². The highest BCUT2D eigenvalue weighted by atomic mass is 16.5. The van der Waals surface area contributed by atoms with E-state index in [0.717, 1.165) is 19.5 Å². The quantitative estimate of drug-likeness (QED) is 0.886. The molecule has 0 aromatic heterocycles. The third-order valence-electron chi connectivity index (χ3n) is 4.49. The van der Waals surface area contributed by atoms with Crippen LogP contribution in [0.3, 0.4) is 0 Å². The highest BCUT2D eigenvalue weighted by molar-refractivity contribution is 5.83. The van der Waals surface area contributed by atoms with Crippen LogP contribution in [0.1, 0.15) is 24.8 Å². The first-order valence-electron chi connectivity index (χ1n) is 7.44. The predicted octanol–water partition coefficient (Wildman–Crippen LogP) is 1.38. The Balaban J connectivity index is 1.69. The van der Waals surface area contributed by atoms with E-state index in [2.05, 4.69) is 36.5 Å². The Morgan fingerprint density at radius 1 is 1.35 bits per heavy atom. The van der Waals surface area contributed by atoms with Crippen LogP contribution < -0.4 is 5.32 Å². The minimum absolute atomic E-state index is 0.166. The van der Waals surface area contributed by atoms with Crippen LogP contribution in [0.15, 0.2) is 30.3 Å². The van der Waals surface area contributed by atoms with Crippen LogP contribution in [0.5, 0.6) is 0 Å². The molecular formula is C16H22N2O2. The lowest BCUT2D eigenvalue weighted by molar-refractivity contribution is -0.137. The molecule has 1 aromatic carbocycles. The van der Waals surface area contributed by atoms with Gasteiger partial charge in [0.2, 0.25) is 5.91 Å². The van der Waals surface area contributed by atoms with Crippen molar-refractivity contribution in [2.75, 3.05) is 26.3 Å². The third kappa shape index (κ3) is 2.58. The summed E-state index contributed by atoms with van der Waals surface area (Å²) in [6.45, 7) is 4.97. The summed E-state index contributed by atoms with van der Waals surface area (Å²) in [5, 5.41) is 3.25. The van der Waals surface area contributed by atoms with Gasteiger partial charge < -0.3 is 15.0 Å². The summed E-state index contributed by atoms with van der Waals surface area (Å²) in [5.41, 5.74) is 1.34. The van der Waals surface area contributed by atoms with Crippen molar-refractivity contribution in [3.05, 3.63) is 35.9 Å². The van der Waals surface area contributed by atoms with Crippen LogP contribution in [0.25, 0.3) is 0 Å². The monoisotopic (exact) mass is 274 g/mol. The summed E-state index contributed by atoms with van der Waals surface area (Å²) in [6.07, 6.45) is 1.05. The van der Waals surface area contributed by atoms with E-state index < -0.39 is 0 Å². The molecule has 2 heterocycles. The molecule has 1 N–H and O–H groups in total. The molecule has 2 aliphatic heterocycles. The number of ether oxygens (including phenoxy) is 1. The van der Waals surface area contributed by atoms with Crippen molar-refractivity contribution in [1.82, 2.24) is 10.2 Å². The number of nitrogens with zero attached hydrogens (tertiary/aromatic N) is 1. The van der Waals surface area contributed by atoms with Crippen molar-refractivity contribution < 1.29 is 9.53 Å². The van der Waals surface area contributed by atoms with Crippen LogP contribution in [-0.4, -0.2) is 49.2 Å². The molecule has 3 rings (SSSR count). The molecule has 0 saturated carbocycles. The van der Waals surface area contributed by atoms with Gasteiger partial charge in [-0.25, -0.2) is 0 Å². The molecule has 108 valence electrons. The van der Waals surface area contributed by atoms with Crippen LogP contribution >= 0.6 is 0 Å². The van der Waals surface area contributed by atoms with E-state index in [9.17, 15) is 4.79 Å². The summed E-state index contributed by atoms with van der Waals surface area (Å²) in [4.78, 5) is 14.6. The summed E-state index contributed by atoms with van der Waals surface area (Å²) in [5.74, 6) is 0.639. The van der Waals surface area contributed by atoms with Gasteiger partial charge in [-0.15, -0.1) is 0 Å². The molecule has 2 fully saturated rings. The van der Waals surface area contributed by atoms with Gasteiger partial charge >= 0.3 is 0 Å². The van der Waals surface area contributed by atoms with E-state index >= 15 is 0 Å². The molecule has 3 atom stereocenters. The normalized spacial score (nSPS) is 30.4. The van der Waals surface area contributed by atoms with E-state index in [1.165, 1.54) is 5.56 Å². The molecule has 1 aromatic rings. The molecule has 0 aliphatic carbocycles. The number of hydrogen-bond donors (Lipinski definition) is 1. The number of amides is 1. The zero-order valence-electron chi connectivity index (χ0n) is 11.9. The van der Waals surface area contributed by atoms with Crippen molar-refractivity contribution in [2.24, 2.45) is 0 Å². The summed E-state index contributed by atoms with van der Waals surface area (Å²) in [7, 11) is 0. The lowest BCUT2D eigenvalue weighted by Crippen LogP contribution is -2.53. The number of benzene rings is 1.